The van der Waals surface area contributed by atoms with E-state index in [1.54, 1.807) is 0 Å². The summed E-state index contributed by atoms with van der Waals surface area (Å²) in [7, 11) is 2.14. The number of hydrogen-bond acceptors (Lipinski definition) is 0. The van der Waals surface area contributed by atoms with E-state index in [2.05, 4.69) is 63.6 Å². The molecular weight excluding hydrogens is 206 g/mol. The Balaban J connectivity index is 2.77. The zero-order valence-electron chi connectivity index (χ0n) is 11.5. The molecule has 0 N–H and O–H groups in total. The van der Waals surface area contributed by atoms with Crippen molar-refractivity contribution >= 4 is 17.0 Å². The minimum Gasteiger partial charge on any atom is -0.347 e. The van der Waals surface area contributed by atoms with Crippen molar-refractivity contribution in [1.82, 2.24) is 4.57 Å². The van der Waals surface area contributed by atoms with Gasteiger partial charge in [-0.1, -0.05) is 30.2 Å². The first-order valence-electron chi connectivity index (χ1n) is 6.27. The quantitative estimate of drug-likeness (QED) is 0.706. The molecule has 0 fully saturated rings. The number of benzene rings is 1. The van der Waals surface area contributed by atoms with Crippen LogP contribution < -0.4 is 0 Å². The van der Waals surface area contributed by atoms with Gasteiger partial charge in [-0.15, -0.1) is 0 Å². The summed E-state index contributed by atoms with van der Waals surface area (Å²) < 4.78 is 2.28. The molecule has 1 heteroatoms. The topological polar surface area (TPSA) is 4.93 Å². The SMILES string of the molecule is CC/C(C)=C\c1c(C)n(C)c2ccc(C)cc12. The van der Waals surface area contributed by atoms with Gasteiger partial charge < -0.3 is 4.57 Å². The number of nitrogens with zero attached hydrogens (tertiary/aromatic N) is 1. The summed E-state index contributed by atoms with van der Waals surface area (Å²) in [5.41, 5.74) is 6.81. The highest BCUT2D eigenvalue weighted by Crippen LogP contribution is 2.28. The van der Waals surface area contributed by atoms with Crippen molar-refractivity contribution in [2.75, 3.05) is 0 Å². The number of rotatable bonds is 2. The van der Waals surface area contributed by atoms with Crippen LogP contribution in [0.1, 0.15) is 37.1 Å². The molecule has 0 atom stereocenters. The van der Waals surface area contributed by atoms with Crippen molar-refractivity contribution in [3.8, 4) is 0 Å². The lowest BCUT2D eigenvalue weighted by Crippen LogP contribution is -1.90. The van der Waals surface area contributed by atoms with E-state index in [-0.39, 0.29) is 0 Å². The van der Waals surface area contributed by atoms with Crippen molar-refractivity contribution in [3.63, 3.8) is 0 Å². The van der Waals surface area contributed by atoms with Gasteiger partial charge in [0, 0.05) is 29.2 Å². The molecule has 0 bridgehead atoms. The molecule has 1 nitrogen and oxygen atoms in total. The van der Waals surface area contributed by atoms with Crippen molar-refractivity contribution < 1.29 is 0 Å². The standard InChI is InChI=1S/C16H21N/c1-6-11(2)9-14-13(4)17(5)16-8-7-12(3)10-15(14)16/h7-10H,6H2,1-5H3/b11-9-. The van der Waals surface area contributed by atoms with Gasteiger partial charge in [0.15, 0.2) is 0 Å². The smallest absolute Gasteiger partial charge is 0.0486 e. The summed E-state index contributed by atoms with van der Waals surface area (Å²) in [6.07, 6.45) is 3.44. The molecule has 1 aromatic carbocycles. The molecule has 0 unspecified atom stereocenters. The van der Waals surface area contributed by atoms with Gasteiger partial charge in [0.1, 0.15) is 0 Å². The van der Waals surface area contributed by atoms with Crippen LogP contribution in [-0.2, 0) is 7.05 Å². The molecule has 0 aliphatic rings. The molecule has 0 aliphatic heterocycles. The minimum absolute atomic E-state index is 1.11. The Morgan fingerprint density at radius 2 is 2.00 bits per heavy atom. The van der Waals surface area contributed by atoms with Crippen LogP contribution in [0, 0.1) is 13.8 Å². The van der Waals surface area contributed by atoms with Crippen LogP contribution in [0.15, 0.2) is 23.8 Å². The summed E-state index contributed by atoms with van der Waals surface area (Å²) in [5, 5.41) is 1.37. The van der Waals surface area contributed by atoms with Crippen LogP contribution >= 0.6 is 0 Å². The van der Waals surface area contributed by atoms with Crippen LogP contribution in [-0.4, -0.2) is 4.57 Å². The van der Waals surface area contributed by atoms with E-state index in [0.29, 0.717) is 0 Å². The van der Waals surface area contributed by atoms with Crippen LogP contribution in [0.3, 0.4) is 0 Å². The zero-order chi connectivity index (χ0) is 12.6. The van der Waals surface area contributed by atoms with Gasteiger partial charge in [0.25, 0.3) is 0 Å². The highest BCUT2D eigenvalue weighted by Gasteiger charge is 2.09. The fourth-order valence-electron chi connectivity index (χ4n) is 2.24. The molecule has 0 spiro atoms. The van der Waals surface area contributed by atoms with E-state index in [1.165, 1.54) is 33.3 Å². The Kier molecular flexibility index (Phi) is 3.10. The molecule has 2 aromatic rings. The Labute approximate surface area is 104 Å². The van der Waals surface area contributed by atoms with E-state index in [4.69, 9.17) is 0 Å². The number of aryl methyl sites for hydroxylation is 2. The molecule has 2 rings (SSSR count). The second kappa shape index (κ2) is 4.40. The molecule has 0 amide bonds. The van der Waals surface area contributed by atoms with Crippen LogP contribution in [0.5, 0.6) is 0 Å². The molecule has 0 aliphatic carbocycles. The molecule has 17 heavy (non-hydrogen) atoms. The van der Waals surface area contributed by atoms with Crippen LogP contribution in [0.2, 0.25) is 0 Å². The number of aromatic nitrogens is 1. The number of fused-ring (bicyclic) bond motifs is 1. The second-order valence-corrected chi connectivity index (χ2v) is 4.92. The van der Waals surface area contributed by atoms with Crippen LogP contribution in [0.25, 0.3) is 17.0 Å². The molecule has 1 heterocycles. The van der Waals surface area contributed by atoms with E-state index in [9.17, 15) is 0 Å². The second-order valence-electron chi connectivity index (χ2n) is 4.92. The maximum Gasteiger partial charge on any atom is 0.0486 e. The maximum atomic E-state index is 2.33. The normalized spacial score (nSPS) is 12.4. The van der Waals surface area contributed by atoms with E-state index >= 15 is 0 Å². The molecule has 0 saturated heterocycles. The Morgan fingerprint density at radius 3 is 2.65 bits per heavy atom. The fourth-order valence-corrected chi connectivity index (χ4v) is 2.24. The van der Waals surface area contributed by atoms with Gasteiger partial charge in [-0.25, -0.2) is 0 Å². The van der Waals surface area contributed by atoms with E-state index in [0.717, 1.165) is 6.42 Å². The third-order valence-corrected chi connectivity index (χ3v) is 3.64. The Hall–Kier alpha value is -1.50. The summed E-state index contributed by atoms with van der Waals surface area (Å²) >= 11 is 0. The number of allylic oxidation sites excluding steroid dienone is 1. The third kappa shape index (κ3) is 2.02. The fraction of sp³-hybridized carbons (Fsp3) is 0.375. The van der Waals surface area contributed by atoms with Crippen LogP contribution in [0.4, 0.5) is 0 Å². The minimum atomic E-state index is 1.11. The lowest BCUT2D eigenvalue weighted by atomic mass is 10.1. The average Bonchev–Trinajstić information content (AvgIpc) is 2.54. The molecule has 0 saturated carbocycles. The Morgan fingerprint density at radius 1 is 1.29 bits per heavy atom. The molecular formula is C16H21N. The first-order chi connectivity index (χ1) is 8.04. The van der Waals surface area contributed by atoms with Crippen molar-refractivity contribution in [2.24, 2.45) is 7.05 Å². The number of hydrogen-bond donors (Lipinski definition) is 0. The lowest BCUT2D eigenvalue weighted by molar-refractivity contribution is 0.915. The maximum absolute atomic E-state index is 2.33. The highest BCUT2D eigenvalue weighted by molar-refractivity contribution is 5.92. The van der Waals surface area contributed by atoms with Crippen molar-refractivity contribution in [2.45, 2.75) is 34.1 Å². The zero-order valence-corrected chi connectivity index (χ0v) is 11.5. The molecule has 0 radical (unpaired) electrons. The largest absolute Gasteiger partial charge is 0.347 e. The first-order valence-corrected chi connectivity index (χ1v) is 6.27. The summed E-state index contributed by atoms with van der Waals surface area (Å²) in [6, 6.07) is 6.69. The van der Waals surface area contributed by atoms with Gasteiger partial charge in [-0.3, -0.25) is 0 Å². The van der Waals surface area contributed by atoms with E-state index in [1.807, 2.05) is 0 Å². The monoisotopic (exact) mass is 227 g/mol. The summed E-state index contributed by atoms with van der Waals surface area (Å²) in [6.45, 7) is 8.76. The van der Waals surface area contributed by atoms with Gasteiger partial charge in [0.2, 0.25) is 0 Å². The summed E-state index contributed by atoms with van der Waals surface area (Å²) in [5.74, 6) is 0. The van der Waals surface area contributed by atoms with E-state index < -0.39 is 0 Å². The third-order valence-electron chi connectivity index (χ3n) is 3.64. The Bertz CT molecular complexity index is 585. The predicted molar refractivity (Wildman–Crippen MR) is 76.3 cm³/mol. The van der Waals surface area contributed by atoms with Gasteiger partial charge in [0.05, 0.1) is 0 Å². The summed E-state index contributed by atoms with van der Waals surface area (Å²) in [4.78, 5) is 0. The molecule has 90 valence electrons. The predicted octanol–water partition coefficient (Wildman–Crippen LogP) is 4.61. The van der Waals surface area contributed by atoms with Gasteiger partial charge in [-0.05, 0) is 39.3 Å². The van der Waals surface area contributed by atoms with Crippen molar-refractivity contribution in [1.29, 1.82) is 0 Å². The van der Waals surface area contributed by atoms with Gasteiger partial charge in [-0.2, -0.15) is 0 Å². The van der Waals surface area contributed by atoms with Gasteiger partial charge >= 0.3 is 0 Å². The first kappa shape index (κ1) is 12.0. The lowest BCUT2D eigenvalue weighted by Gasteiger charge is -1.99. The highest BCUT2D eigenvalue weighted by atomic mass is 14.9. The van der Waals surface area contributed by atoms with Crippen molar-refractivity contribution in [3.05, 3.63) is 40.6 Å². The average molecular weight is 227 g/mol. The molecule has 1 aromatic heterocycles.